The fourth-order valence-corrected chi connectivity index (χ4v) is 5.34. The average Bonchev–Trinajstić information content (AvgIpc) is 3.06. The molecule has 0 aromatic heterocycles. The monoisotopic (exact) mass is 580 g/mol. The van der Waals surface area contributed by atoms with E-state index < -0.39 is 36.6 Å². The van der Waals surface area contributed by atoms with Crippen LogP contribution in [-0.2, 0) is 50.1 Å². The van der Waals surface area contributed by atoms with E-state index in [-0.39, 0.29) is 6.61 Å². The molecule has 4 aromatic carbocycles. The Morgan fingerprint density at radius 2 is 0.721 bits per heavy atom. The zero-order valence-electron chi connectivity index (χ0n) is 24.3. The molecule has 4 aromatic rings. The lowest BCUT2D eigenvalue weighted by Gasteiger charge is -2.48. The molecular weight excluding hydrogens is 540 g/mol. The van der Waals surface area contributed by atoms with E-state index in [0.29, 0.717) is 26.4 Å². The molecule has 6 heteroatoms. The van der Waals surface area contributed by atoms with E-state index in [1.807, 2.05) is 121 Å². The molecule has 6 nitrogen and oxygen atoms in total. The Labute approximate surface area is 254 Å². The number of aliphatic hydroxyl groups is 1. The van der Waals surface area contributed by atoms with Crippen molar-refractivity contribution in [2.75, 3.05) is 6.61 Å². The van der Waals surface area contributed by atoms with Crippen molar-refractivity contribution in [2.45, 2.75) is 63.1 Å². The van der Waals surface area contributed by atoms with Gasteiger partial charge in [0, 0.05) is 0 Å². The van der Waals surface area contributed by atoms with E-state index in [0.717, 1.165) is 22.3 Å². The SMILES string of the molecule is C=CCO[C@@H]1[C@@H](O)[C@@H](OCc2ccccc2)[C@H](OCc2ccccc2)[C@@H](OCc2ccccc2)[C@@H]1OCc1ccccc1. The molecule has 1 saturated carbocycles. The third kappa shape index (κ3) is 8.71. The summed E-state index contributed by atoms with van der Waals surface area (Å²) < 4.78 is 32.5. The third-order valence-corrected chi connectivity index (χ3v) is 7.52. The molecule has 1 N–H and O–H groups in total. The number of rotatable bonds is 15. The van der Waals surface area contributed by atoms with E-state index in [4.69, 9.17) is 23.7 Å². The summed E-state index contributed by atoms with van der Waals surface area (Å²) in [4.78, 5) is 0. The Balaban J connectivity index is 1.48. The van der Waals surface area contributed by atoms with Crippen LogP contribution in [0.1, 0.15) is 22.3 Å². The predicted molar refractivity (Wildman–Crippen MR) is 166 cm³/mol. The van der Waals surface area contributed by atoms with Crippen molar-refractivity contribution in [3.05, 3.63) is 156 Å². The van der Waals surface area contributed by atoms with Gasteiger partial charge in [-0.1, -0.05) is 127 Å². The smallest absolute Gasteiger partial charge is 0.116 e. The highest BCUT2D eigenvalue weighted by Gasteiger charge is 2.54. The second kappa shape index (κ2) is 16.3. The Morgan fingerprint density at radius 1 is 0.442 bits per heavy atom. The van der Waals surface area contributed by atoms with E-state index in [1.54, 1.807) is 6.08 Å². The maximum absolute atomic E-state index is 11.9. The molecule has 0 amide bonds. The van der Waals surface area contributed by atoms with Gasteiger partial charge < -0.3 is 28.8 Å². The van der Waals surface area contributed by atoms with E-state index in [2.05, 4.69) is 6.58 Å². The lowest BCUT2D eigenvalue weighted by atomic mass is 9.83. The van der Waals surface area contributed by atoms with Gasteiger partial charge in [0.05, 0.1) is 33.0 Å². The summed E-state index contributed by atoms with van der Waals surface area (Å²) in [5.74, 6) is 0. The van der Waals surface area contributed by atoms with Gasteiger partial charge in [-0.3, -0.25) is 0 Å². The molecule has 0 spiro atoms. The van der Waals surface area contributed by atoms with Gasteiger partial charge >= 0.3 is 0 Å². The fraction of sp³-hybridized carbons (Fsp3) is 0.297. The van der Waals surface area contributed by atoms with E-state index in [1.165, 1.54) is 0 Å². The molecule has 0 heterocycles. The highest BCUT2D eigenvalue weighted by molar-refractivity contribution is 5.17. The molecule has 43 heavy (non-hydrogen) atoms. The molecule has 1 aliphatic carbocycles. The average molecular weight is 581 g/mol. The Kier molecular flexibility index (Phi) is 11.7. The van der Waals surface area contributed by atoms with Crippen LogP contribution in [0.4, 0.5) is 0 Å². The fourth-order valence-electron chi connectivity index (χ4n) is 5.34. The van der Waals surface area contributed by atoms with Crippen molar-refractivity contribution in [2.24, 2.45) is 0 Å². The molecule has 224 valence electrons. The van der Waals surface area contributed by atoms with Crippen molar-refractivity contribution in [1.82, 2.24) is 0 Å². The molecule has 6 atom stereocenters. The number of ether oxygens (including phenoxy) is 5. The molecular formula is C37H40O6. The van der Waals surface area contributed by atoms with Crippen LogP contribution in [0.3, 0.4) is 0 Å². The lowest BCUT2D eigenvalue weighted by molar-refractivity contribution is -0.280. The minimum absolute atomic E-state index is 0.235. The summed E-state index contributed by atoms with van der Waals surface area (Å²) in [6.45, 7) is 5.32. The van der Waals surface area contributed by atoms with Crippen LogP contribution in [-0.4, -0.2) is 48.3 Å². The third-order valence-electron chi connectivity index (χ3n) is 7.52. The minimum atomic E-state index is -1.05. The van der Waals surface area contributed by atoms with Gasteiger partial charge in [0.25, 0.3) is 0 Å². The highest BCUT2D eigenvalue weighted by atomic mass is 16.6. The predicted octanol–water partition coefficient (Wildman–Crippen LogP) is 6.27. The lowest BCUT2D eigenvalue weighted by Crippen LogP contribution is -2.66. The number of aliphatic hydroxyl groups excluding tert-OH is 1. The van der Waals surface area contributed by atoms with Gasteiger partial charge in [0.2, 0.25) is 0 Å². The second-order valence-electron chi connectivity index (χ2n) is 10.6. The Bertz CT molecular complexity index is 1330. The number of hydrogen-bond donors (Lipinski definition) is 1. The maximum atomic E-state index is 11.9. The second-order valence-corrected chi connectivity index (χ2v) is 10.6. The minimum Gasteiger partial charge on any atom is -0.387 e. The summed E-state index contributed by atoms with van der Waals surface area (Å²) >= 11 is 0. The van der Waals surface area contributed by atoms with Crippen molar-refractivity contribution in [1.29, 1.82) is 0 Å². The van der Waals surface area contributed by atoms with Crippen molar-refractivity contribution < 1.29 is 28.8 Å². The van der Waals surface area contributed by atoms with Crippen LogP contribution in [0.25, 0.3) is 0 Å². The summed E-state index contributed by atoms with van der Waals surface area (Å²) in [5.41, 5.74) is 4.02. The molecule has 0 aliphatic heterocycles. The number of benzene rings is 4. The normalized spacial score (nSPS) is 23.6. The van der Waals surface area contributed by atoms with Crippen molar-refractivity contribution in [3.63, 3.8) is 0 Å². The van der Waals surface area contributed by atoms with E-state index in [9.17, 15) is 5.11 Å². The van der Waals surface area contributed by atoms with Gasteiger partial charge in [0.15, 0.2) is 0 Å². The molecule has 0 radical (unpaired) electrons. The topological polar surface area (TPSA) is 66.4 Å². The summed E-state index contributed by atoms with van der Waals surface area (Å²) in [6.07, 6.45) is -2.83. The van der Waals surface area contributed by atoms with Crippen LogP contribution in [0.5, 0.6) is 0 Å². The zero-order valence-corrected chi connectivity index (χ0v) is 24.3. The Morgan fingerprint density at radius 3 is 1.05 bits per heavy atom. The molecule has 0 bridgehead atoms. The zero-order chi connectivity index (χ0) is 29.7. The molecule has 0 unspecified atom stereocenters. The van der Waals surface area contributed by atoms with Crippen molar-refractivity contribution in [3.8, 4) is 0 Å². The first-order valence-corrected chi connectivity index (χ1v) is 14.8. The van der Waals surface area contributed by atoms with Crippen LogP contribution < -0.4 is 0 Å². The van der Waals surface area contributed by atoms with Crippen LogP contribution >= 0.6 is 0 Å². The van der Waals surface area contributed by atoms with Crippen molar-refractivity contribution >= 4 is 0 Å². The first-order valence-electron chi connectivity index (χ1n) is 14.8. The quantitative estimate of drug-likeness (QED) is 0.167. The van der Waals surface area contributed by atoms with Gasteiger partial charge in [-0.05, 0) is 22.3 Å². The summed E-state index contributed by atoms with van der Waals surface area (Å²) in [5, 5.41) is 11.9. The maximum Gasteiger partial charge on any atom is 0.116 e. The highest BCUT2D eigenvalue weighted by Crippen LogP contribution is 2.34. The molecule has 1 aliphatic rings. The molecule has 5 rings (SSSR count). The van der Waals surface area contributed by atoms with Crippen LogP contribution in [0.15, 0.2) is 134 Å². The molecule has 0 saturated heterocycles. The van der Waals surface area contributed by atoms with Crippen LogP contribution in [0.2, 0.25) is 0 Å². The number of hydrogen-bond acceptors (Lipinski definition) is 6. The first kappa shape index (κ1) is 30.8. The Hall–Kier alpha value is -3.62. The van der Waals surface area contributed by atoms with E-state index >= 15 is 0 Å². The van der Waals surface area contributed by atoms with Gasteiger partial charge in [0.1, 0.15) is 36.6 Å². The van der Waals surface area contributed by atoms with Gasteiger partial charge in [-0.15, -0.1) is 6.58 Å². The van der Waals surface area contributed by atoms with Gasteiger partial charge in [-0.2, -0.15) is 0 Å². The summed E-state index contributed by atoms with van der Waals surface area (Å²) in [7, 11) is 0. The first-order chi connectivity index (χ1) is 21.2. The van der Waals surface area contributed by atoms with Gasteiger partial charge in [-0.25, -0.2) is 0 Å². The molecule has 1 fully saturated rings. The standard InChI is InChI=1S/C37H40O6/c1-2-23-39-33-32(38)34(40-24-28-15-7-3-8-16-28)36(42-26-30-19-11-5-12-20-30)37(43-27-31-21-13-6-14-22-31)35(33)41-25-29-17-9-4-10-18-29/h2-22,32-38H,1,23-27H2/t32-,33-,34-,35-,36+,37+/m1/s1. The van der Waals surface area contributed by atoms with Crippen LogP contribution in [0, 0.1) is 0 Å². The summed E-state index contributed by atoms with van der Waals surface area (Å²) in [6, 6.07) is 39.8. The largest absolute Gasteiger partial charge is 0.387 e.